The van der Waals surface area contributed by atoms with Gasteiger partial charge in [-0.25, -0.2) is 0 Å². The van der Waals surface area contributed by atoms with Crippen molar-refractivity contribution in [3.8, 4) is 11.5 Å². The standard InChI is InChI=1S/C21H27ClN2O2.ClH/c1-25-20-7-8-21(26-2)17(13-20)14-23-19-9-11-24(12-10-19)15-16-3-5-18(22)6-4-16;/h3-8,13,19,23H,9-12,14-15H2,1-2H3;1H. The zero-order chi connectivity index (χ0) is 18.4. The number of ether oxygens (including phenoxy) is 2. The molecule has 3 rings (SSSR count). The first-order valence-corrected chi connectivity index (χ1v) is 9.47. The number of likely N-dealkylation sites (tertiary alicyclic amines) is 1. The smallest absolute Gasteiger partial charge is 0.123 e. The highest BCUT2D eigenvalue weighted by atomic mass is 35.5. The summed E-state index contributed by atoms with van der Waals surface area (Å²) in [6, 6.07) is 14.6. The second-order valence-corrected chi connectivity index (χ2v) is 7.17. The van der Waals surface area contributed by atoms with Crippen molar-refractivity contribution in [3.05, 3.63) is 58.6 Å². The molecule has 6 heteroatoms. The van der Waals surface area contributed by atoms with Gasteiger partial charge in [0, 0.05) is 29.7 Å². The van der Waals surface area contributed by atoms with Crippen LogP contribution in [0.2, 0.25) is 5.02 Å². The molecule has 148 valence electrons. The van der Waals surface area contributed by atoms with Crippen molar-refractivity contribution in [3.63, 3.8) is 0 Å². The number of halogens is 2. The molecule has 0 bridgehead atoms. The Labute approximate surface area is 173 Å². The number of nitrogens with zero attached hydrogens (tertiary/aromatic N) is 1. The van der Waals surface area contributed by atoms with Crippen LogP contribution >= 0.6 is 24.0 Å². The van der Waals surface area contributed by atoms with Gasteiger partial charge in [0.25, 0.3) is 0 Å². The molecule has 1 N–H and O–H groups in total. The van der Waals surface area contributed by atoms with Crippen molar-refractivity contribution in [2.45, 2.75) is 32.0 Å². The molecule has 0 unspecified atom stereocenters. The third-order valence-electron chi connectivity index (χ3n) is 4.98. The Morgan fingerprint density at radius 1 is 1.04 bits per heavy atom. The highest BCUT2D eigenvalue weighted by Crippen LogP contribution is 2.24. The van der Waals surface area contributed by atoms with E-state index < -0.39 is 0 Å². The average Bonchev–Trinajstić information content (AvgIpc) is 2.69. The zero-order valence-corrected chi connectivity index (χ0v) is 17.5. The summed E-state index contributed by atoms with van der Waals surface area (Å²) in [5, 5.41) is 4.47. The van der Waals surface area contributed by atoms with Crippen LogP contribution in [-0.2, 0) is 13.1 Å². The van der Waals surface area contributed by atoms with Crippen LogP contribution in [0.3, 0.4) is 0 Å². The Balaban J connectivity index is 0.00000261. The number of nitrogens with one attached hydrogen (secondary N) is 1. The van der Waals surface area contributed by atoms with Crippen LogP contribution in [-0.4, -0.2) is 38.3 Å². The summed E-state index contributed by atoms with van der Waals surface area (Å²) >= 11 is 5.96. The SMILES string of the molecule is COc1ccc(OC)c(CNC2CCN(Cc3ccc(Cl)cc3)CC2)c1.Cl. The summed E-state index contributed by atoms with van der Waals surface area (Å²) in [5.41, 5.74) is 2.46. The van der Waals surface area contributed by atoms with Gasteiger partial charge in [0.2, 0.25) is 0 Å². The fraction of sp³-hybridized carbons (Fsp3) is 0.429. The molecule has 1 heterocycles. The van der Waals surface area contributed by atoms with E-state index in [1.807, 2.05) is 30.3 Å². The lowest BCUT2D eigenvalue weighted by molar-refractivity contribution is 0.190. The molecule has 0 aliphatic carbocycles. The molecule has 1 aliphatic heterocycles. The highest BCUT2D eigenvalue weighted by Gasteiger charge is 2.19. The zero-order valence-electron chi connectivity index (χ0n) is 15.9. The molecule has 2 aromatic carbocycles. The van der Waals surface area contributed by atoms with Crippen LogP contribution in [0, 0.1) is 0 Å². The molecule has 0 atom stereocenters. The normalized spacial score (nSPS) is 15.2. The average molecular weight is 411 g/mol. The van der Waals surface area contributed by atoms with E-state index in [9.17, 15) is 0 Å². The lowest BCUT2D eigenvalue weighted by Gasteiger charge is -2.32. The van der Waals surface area contributed by atoms with Crippen LogP contribution in [0.5, 0.6) is 11.5 Å². The van der Waals surface area contributed by atoms with E-state index in [4.69, 9.17) is 21.1 Å². The Morgan fingerprint density at radius 2 is 1.74 bits per heavy atom. The predicted octanol–water partition coefficient (Wildman–Crippen LogP) is 4.53. The van der Waals surface area contributed by atoms with Gasteiger partial charge in [-0.2, -0.15) is 0 Å². The predicted molar refractivity (Wildman–Crippen MR) is 113 cm³/mol. The molecule has 0 amide bonds. The summed E-state index contributed by atoms with van der Waals surface area (Å²) < 4.78 is 10.8. The van der Waals surface area contributed by atoms with Gasteiger partial charge >= 0.3 is 0 Å². The quantitative estimate of drug-likeness (QED) is 0.726. The molecule has 1 saturated heterocycles. The largest absolute Gasteiger partial charge is 0.497 e. The minimum absolute atomic E-state index is 0. The van der Waals surface area contributed by atoms with Crippen LogP contribution in [0.1, 0.15) is 24.0 Å². The first kappa shape index (κ1) is 21.8. The van der Waals surface area contributed by atoms with E-state index in [1.165, 1.54) is 5.56 Å². The van der Waals surface area contributed by atoms with Crippen LogP contribution in [0.15, 0.2) is 42.5 Å². The molecular formula is C21H28Cl2N2O2. The van der Waals surface area contributed by atoms with E-state index in [2.05, 4.69) is 22.3 Å². The van der Waals surface area contributed by atoms with Crippen LogP contribution in [0.25, 0.3) is 0 Å². The molecule has 0 spiro atoms. The van der Waals surface area contributed by atoms with Crippen molar-refractivity contribution in [1.29, 1.82) is 0 Å². The number of hydrogen-bond acceptors (Lipinski definition) is 4. The summed E-state index contributed by atoms with van der Waals surface area (Å²) in [6.07, 6.45) is 2.31. The summed E-state index contributed by atoms with van der Waals surface area (Å²) in [4.78, 5) is 2.51. The van der Waals surface area contributed by atoms with Crippen molar-refractivity contribution in [1.82, 2.24) is 10.2 Å². The summed E-state index contributed by atoms with van der Waals surface area (Å²) in [7, 11) is 3.40. The fourth-order valence-electron chi connectivity index (χ4n) is 3.42. The third kappa shape index (κ3) is 6.28. The van der Waals surface area contributed by atoms with Crippen molar-refractivity contribution in [2.75, 3.05) is 27.3 Å². The van der Waals surface area contributed by atoms with Gasteiger partial charge < -0.3 is 14.8 Å². The number of piperidine rings is 1. The second kappa shape index (κ2) is 10.8. The molecule has 27 heavy (non-hydrogen) atoms. The van der Waals surface area contributed by atoms with Gasteiger partial charge in [-0.15, -0.1) is 12.4 Å². The second-order valence-electron chi connectivity index (χ2n) is 6.74. The van der Waals surface area contributed by atoms with Crippen LogP contribution < -0.4 is 14.8 Å². The molecular weight excluding hydrogens is 383 g/mol. The molecule has 2 aromatic rings. The molecule has 0 aromatic heterocycles. The fourth-order valence-corrected chi connectivity index (χ4v) is 3.54. The van der Waals surface area contributed by atoms with Gasteiger partial charge in [-0.05, 0) is 61.8 Å². The number of benzene rings is 2. The Morgan fingerprint density at radius 3 is 2.37 bits per heavy atom. The lowest BCUT2D eigenvalue weighted by Crippen LogP contribution is -2.41. The summed E-state index contributed by atoms with van der Waals surface area (Å²) in [5.74, 6) is 1.76. The topological polar surface area (TPSA) is 33.7 Å². The van der Waals surface area contributed by atoms with Crippen LogP contribution in [0.4, 0.5) is 0 Å². The Bertz CT molecular complexity index is 702. The van der Waals surface area contributed by atoms with E-state index >= 15 is 0 Å². The minimum Gasteiger partial charge on any atom is -0.497 e. The molecule has 0 radical (unpaired) electrons. The van der Waals surface area contributed by atoms with Gasteiger partial charge in [0.1, 0.15) is 11.5 Å². The van der Waals surface area contributed by atoms with E-state index in [0.717, 1.165) is 61.1 Å². The number of hydrogen-bond donors (Lipinski definition) is 1. The lowest BCUT2D eigenvalue weighted by atomic mass is 10.0. The van der Waals surface area contributed by atoms with Gasteiger partial charge in [0.05, 0.1) is 14.2 Å². The van der Waals surface area contributed by atoms with E-state index in [0.29, 0.717) is 6.04 Å². The molecule has 1 fully saturated rings. The van der Waals surface area contributed by atoms with Gasteiger partial charge in [0.15, 0.2) is 0 Å². The minimum atomic E-state index is 0. The molecule has 4 nitrogen and oxygen atoms in total. The van der Waals surface area contributed by atoms with E-state index in [1.54, 1.807) is 14.2 Å². The van der Waals surface area contributed by atoms with E-state index in [-0.39, 0.29) is 12.4 Å². The monoisotopic (exact) mass is 410 g/mol. The number of rotatable bonds is 7. The molecule has 0 saturated carbocycles. The molecule has 1 aliphatic rings. The highest BCUT2D eigenvalue weighted by molar-refractivity contribution is 6.30. The van der Waals surface area contributed by atoms with Crippen molar-refractivity contribution in [2.24, 2.45) is 0 Å². The van der Waals surface area contributed by atoms with Gasteiger partial charge in [-0.3, -0.25) is 4.90 Å². The first-order chi connectivity index (χ1) is 12.7. The maximum Gasteiger partial charge on any atom is 0.123 e. The van der Waals surface area contributed by atoms with Gasteiger partial charge in [-0.1, -0.05) is 23.7 Å². The van der Waals surface area contributed by atoms with Crippen molar-refractivity contribution < 1.29 is 9.47 Å². The summed E-state index contributed by atoms with van der Waals surface area (Å²) in [6.45, 7) is 4.00. The number of methoxy groups -OCH3 is 2. The van der Waals surface area contributed by atoms with Crippen molar-refractivity contribution >= 4 is 24.0 Å². The Hall–Kier alpha value is -1.46. The maximum atomic E-state index is 5.96. The Kier molecular flexibility index (Phi) is 8.71. The third-order valence-corrected chi connectivity index (χ3v) is 5.23. The first-order valence-electron chi connectivity index (χ1n) is 9.09. The maximum absolute atomic E-state index is 5.96.